The highest BCUT2D eigenvalue weighted by Crippen LogP contribution is 2.38. The standard InChI is InChI=1S/C26H21ClO5/c1-29-19-9-5-16(6-10-19)4-7-17-12-20(30-2)14-24(31-3)26(17)25-15-22(28)21-11-8-18(27)13-23(21)32-25/h4-15H,1-3H3. The van der Waals surface area contributed by atoms with Gasteiger partial charge in [-0.25, -0.2) is 0 Å². The first-order valence-electron chi connectivity index (χ1n) is 9.84. The van der Waals surface area contributed by atoms with Gasteiger partial charge in [0.1, 0.15) is 28.6 Å². The molecule has 0 fully saturated rings. The van der Waals surface area contributed by atoms with Crippen molar-refractivity contribution in [1.29, 1.82) is 0 Å². The lowest BCUT2D eigenvalue weighted by Crippen LogP contribution is -2.02. The Labute approximate surface area is 190 Å². The van der Waals surface area contributed by atoms with Gasteiger partial charge >= 0.3 is 0 Å². The summed E-state index contributed by atoms with van der Waals surface area (Å²) in [6.07, 6.45) is 3.87. The van der Waals surface area contributed by atoms with E-state index in [0.29, 0.717) is 38.8 Å². The van der Waals surface area contributed by atoms with Gasteiger partial charge in [-0.15, -0.1) is 0 Å². The van der Waals surface area contributed by atoms with Crippen LogP contribution in [0.15, 0.2) is 69.9 Å². The van der Waals surface area contributed by atoms with Crippen LogP contribution in [0.4, 0.5) is 0 Å². The SMILES string of the molecule is COc1ccc(C=Cc2cc(OC)cc(OC)c2-c2cc(=O)c3ccc(Cl)cc3o2)cc1. The van der Waals surface area contributed by atoms with E-state index < -0.39 is 0 Å². The molecule has 0 atom stereocenters. The summed E-state index contributed by atoms with van der Waals surface area (Å²) >= 11 is 6.11. The van der Waals surface area contributed by atoms with Crippen molar-refractivity contribution in [3.8, 4) is 28.6 Å². The van der Waals surface area contributed by atoms with Gasteiger partial charge in [-0.1, -0.05) is 35.9 Å². The molecule has 1 heterocycles. The van der Waals surface area contributed by atoms with Crippen LogP contribution in [0.5, 0.6) is 17.2 Å². The van der Waals surface area contributed by atoms with Crippen molar-refractivity contribution in [3.05, 3.63) is 87.0 Å². The number of hydrogen-bond donors (Lipinski definition) is 0. The monoisotopic (exact) mass is 448 g/mol. The van der Waals surface area contributed by atoms with Gasteiger partial charge in [0, 0.05) is 23.2 Å². The van der Waals surface area contributed by atoms with Gasteiger partial charge in [-0.2, -0.15) is 0 Å². The van der Waals surface area contributed by atoms with Crippen LogP contribution in [0.1, 0.15) is 11.1 Å². The number of rotatable bonds is 6. The molecule has 4 rings (SSSR count). The highest BCUT2D eigenvalue weighted by atomic mass is 35.5. The summed E-state index contributed by atoms with van der Waals surface area (Å²) in [5, 5.41) is 0.945. The van der Waals surface area contributed by atoms with Crippen LogP contribution in [0.2, 0.25) is 5.02 Å². The van der Waals surface area contributed by atoms with Gasteiger partial charge in [0.25, 0.3) is 0 Å². The molecule has 0 aliphatic heterocycles. The predicted molar refractivity (Wildman–Crippen MR) is 128 cm³/mol. The minimum absolute atomic E-state index is 0.166. The van der Waals surface area contributed by atoms with Crippen LogP contribution in [0, 0.1) is 0 Å². The van der Waals surface area contributed by atoms with E-state index in [2.05, 4.69) is 0 Å². The van der Waals surface area contributed by atoms with E-state index in [4.69, 9.17) is 30.2 Å². The van der Waals surface area contributed by atoms with Gasteiger partial charge in [-0.3, -0.25) is 4.79 Å². The molecule has 162 valence electrons. The van der Waals surface area contributed by atoms with Crippen molar-refractivity contribution in [3.63, 3.8) is 0 Å². The lowest BCUT2D eigenvalue weighted by atomic mass is 10.0. The fourth-order valence-corrected chi connectivity index (χ4v) is 3.60. The molecule has 0 saturated carbocycles. The van der Waals surface area contributed by atoms with Crippen LogP contribution in [0.25, 0.3) is 34.4 Å². The Morgan fingerprint density at radius 1 is 0.812 bits per heavy atom. The number of ether oxygens (including phenoxy) is 3. The van der Waals surface area contributed by atoms with Crippen molar-refractivity contribution < 1.29 is 18.6 Å². The number of halogens is 1. The molecule has 0 saturated heterocycles. The van der Waals surface area contributed by atoms with Gasteiger partial charge in [0.2, 0.25) is 0 Å². The van der Waals surface area contributed by atoms with E-state index in [0.717, 1.165) is 16.9 Å². The van der Waals surface area contributed by atoms with Crippen LogP contribution in [0.3, 0.4) is 0 Å². The molecule has 1 aromatic heterocycles. The summed E-state index contributed by atoms with van der Waals surface area (Å²) in [4.78, 5) is 12.8. The topological polar surface area (TPSA) is 57.9 Å². The van der Waals surface area contributed by atoms with Crippen molar-refractivity contribution in [2.75, 3.05) is 21.3 Å². The first kappa shape index (κ1) is 21.5. The molecular weight excluding hydrogens is 428 g/mol. The molecule has 0 aliphatic rings. The van der Waals surface area contributed by atoms with Crippen molar-refractivity contribution in [2.24, 2.45) is 0 Å². The molecule has 6 heteroatoms. The summed E-state index contributed by atoms with van der Waals surface area (Å²) in [6.45, 7) is 0. The van der Waals surface area contributed by atoms with Crippen molar-refractivity contribution in [2.45, 2.75) is 0 Å². The average Bonchev–Trinajstić information content (AvgIpc) is 2.81. The Hall–Kier alpha value is -3.70. The maximum atomic E-state index is 12.8. The van der Waals surface area contributed by atoms with E-state index >= 15 is 0 Å². The molecule has 5 nitrogen and oxygen atoms in total. The van der Waals surface area contributed by atoms with E-state index in [1.54, 1.807) is 45.6 Å². The molecule has 0 radical (unpaired) electrons. The van der Waals surface area contributed by atoms with Crippen molar-refractivity contribution in [1.82, 2.24) is 0 Å². The lowest BCUT2D eigenvalue weighted by molar-refractivity contribution is 0.394. The zero-order valence-electron chi connectivity index (χ0n) is 17.8. The molecule has 4 aromatic rings. The third kappa shape index (κ3) is 4.34. The smallest absolute Gasteiger partial charge is 0.193 e. The molecule has 0 unspecified atom stereocenters. The Kier molecular flexibility index (Phi) is 6.19. The molecule has 32 heavy (non-hydrogen) atoms. The highest BCUT2D eigenvalue weighted by Gasteiger charge is 2.17. The Balaban J connectivity index is 1.90. The van der Waals surface area contributed by atoms with Crippen LogP contribution >= 0.6 is 11.6 Å². The Bertz CT molecular complexity index is 1350. The van der Waals surface area contributed by atoms with E-state index in [-0.39, 0.29) is 5.43 Å². The third-order valence-electron chi connectivity index (χ3n) is 5.07. The third-order valence-corrected chi connectivity index (χ3v) is 5.31. The molecule has 3 aromatic carbocycles. The molecule has 0 amide bonds. The van der Waals surface area contributed by atoms with Gasteiger partial charge < -0.3 is 18.6 Å². The highest BCUT2D eigenvalue weighted by molar-refractivity contribution is 6.31. The fourth-order valence-electron chi connectivity index (χ4n) is 3.44. The summed E-state index contributed by atoms with van der Waals surface area (Å²) in [7, 11) is 4.78. The molecule has 0 aliphatic carbocycles. The van der Waals surface area contributed by atoms with E-state index in [9.17, 15) is 4.79 Å². The first-order chi connectivity index (χ1) is 15.5. The number of methoxy groups -OCH3 is 3. The Morgan fingerprint density at radius 2 is 1.56 bits per heavy atom. The lowest BCUT2D eigenvalue weighted by Gasteiger charge is -2.14. The zero-order chi connectivity index (χ0) is 22.7. The molecule has 0 N–H and O–H groups in total. The second-order valence-electron chi connectivity index (χ2n) is 7.02. The van der Waals surface area contributed by atoms with Gasteiger partial charge in [0.15, 0.2) is 5.43 Å². The van der Waals surface area contributed by atoms with Crippen LogP contribution in [-0.4, -0.2) is 21.3 Å². The first-order valence-corrected chi connectivity index (χ1v) is 10.2. The maximum Gasteiger partial charge on any atom is 0.193 e. The van der Waals surface area contributed by atoms with Crippen LogP contribution < -0.4 is 19.6 Å². The largest absolute Gasteiger partial charge is 0.497 e. The van der Waals surface area contributed by atoms with Crippen molar-refractivity contribution >= 4 is 34.7 Å². The number of fused-ring (bicyclic) bond motifs is 1. The zero-order valence-corrected chi connectivity index (χ0v) is 18.6. The quantitative estimate of drug-likeness (QED) is 0.323. The average molecular weight is 449 g/mol. The Morgan fingerprint density at radius 3 is 2.25 bits per heavy atom. The molecule has 0 spiro atoms. The minimum atomic E-state index is -0.166. The summed E-state index contributed by atoms with van der Waals surface area (Å²) in [5.74, 6) is 2.29. The maximum absolute atomic E-state index is 12.8. The molecular formula is C26H21ClO5. The summed E-state index contributed by atoms with van der Waals surface area (Å²) in [6, 6.07) is 17.7. The van der Waals surface area contributed by atoms with Gasteiger partial charge in [-0.05, 0) is 41.5 Å². The predicted octanol–water partition coefficient (Wildman–Crippen LogP) is 6.31. The second-order valence-corrected chi connectivity index (χ2v) is 7.45. The normalized spacial score (nSPS) is 11.1. The number of hydrogen-bond acceptors (Lipinski definition) is 5. The van der Waals surface area contributed by atoms with E-state index in [1.807, 2.05) is 42.5 Å². The second kappa shape index (κ2) is 9.20. The van der Waals surface area contributed by atoms with E-state index in [1.165, 1.54) is 6.07 Å². The fraction of sp³-hybridized carbons (Fsp3) is 0.115. The molecule has 0 bridgehead atoms. The van der Waals surface area contributed by atoms with Crippen LogP contribution in [-0.2, 0) is 0 Å². The number of benzene rings is 3. The summed E-state index contributed by atoms with van der Waals surface area (Å²) < 4.78 is 22.4. The summed E-state index contributed by atoms with van der Waals surface area (Å²) in [5.41, 5.74) is 2.62. The minimum Gasteiger partial charge on any atom is -0.497 e. The van der Waals surface area contributed by atoms with Gasteiger partial charge in [0.05, 0.1) is 32.3 Å².